The Morgan fingerprint density at radius 2 is 2.40 bits per heavy atom. The molecule has 0 spiro atoms. The summed E-state index contributed by atoms with van der Waals surface area (Å²) in [5.74, 6) is 5.84. The van der Waals surface area contributed by atoms with E-state index in [0.29, 0.717) is 11.4 Å². The second-order valence-corrected chi connectivity index (χ2v) is 6.17. The van der Waals surface area contributed by atoms with E-state index in [1.807, 2.05) is 19.0 Å². The number of pyridine rings is 1. The van der Waals surface area contributed by atoms with Gasteiger partial charge in [-0.1, -0.05) is 0 Å². The first-order valence-corrected chi connectivity index (χ1v) is 7.40. The van der Waals surface area contributed by atoms with Crippen molar-refractivity contribution in [3.8, 4) is 0 Å². The number of nitrogens with one attached hydrogen (secondary N) is 1. The molecule has 6 nitrogen and oxygen atoms in total. The van der Waals surface area contributed by atoms with E-state index in [4.69, 9.17) is 5.84 Å². The predicted molar refractivity (Wildman–Crippen MR) is 82.4 cm³/mol. The summed E-state index contributed by atoms with van der Waals surface area (Å²) in [4.78, 5) is 20.9. The average Bonchev–Trinajstić information content (AvgIpc) is 2.85. The first-order chi connectivity index (χ1) is 9.52. The van der Waals surface area contributed by atoms with E-state index in [-0.39, 0.29) is 11.9 Å². The van der Waals surface area contributed by atoms with Gasteiger partial charge in [-0.2, -0.15) is 0 Å². The maximum absolute atomic E-state index is 12.7. The van der Waals surface area contributed by atoms with Crippen LogP contribution in [0.3, 0.4) is 0 Å². The van der Waals surface area contributed by atoms with Crippen molar-refractivity contribution in [2.24, 2.45) is 5.84 Å². The van der Waals surface area contributed by atoms with Gasteiger partial charge < -0.3 is 15.2 Å². The Morgan fingerprint density at radius 3 is 3.05 bits per heavy atom. The molecule has 2 heterocycles. The molecule has 7 heteroatoms. The molecule has 1 saturated heterocycles. The highest BCUT2D eigenvalue weighted by atomic mass is 79.9. The second-order valence-electron chi connectivity index (χ2n) is 5.25. The minimum atomic E-state index is -0.0175. The van der Waals surface area contributed by atoms with Crippen molar-refractivity contribution in [1.29, 1.82) is 0 Å². The summed E-state index contributed by atoms with van der Waals surface area (Å²) in [6.45, 7) is 1.66. The Hall–Kier alpha value is -1.18. The molecule has 1 aromatic heterocycles. The summed E-state index contributed by atoms with van der Waals surface area (Å²) >= 11 is 3.35. The van der Waals surface area contributed by atoms with Crippen LogP contribution in [-0.2, 0) is 0 Å². The molecule has 2 rings (SSSR count). The Bertz CT molecular complexity index is 494. The van der Waals surface area contributed by atoms with Gasteiger partial charge in [0, 0.05) is 29.8 Å². The number of nitrogens with zero attached hydrogens (tertiary/aromatic N) is 3. The van der Waals surface area contributed by atoms with Crippen LogP contribution in [0, 0.1) is 0 Å². The summed E-state index contributed by atoms with van der Waals surface area (Å²) in [6.07, 6.45) is 3.70. The lowest BCUT2D eigenvalue weighted by molar-refractivity contribution is 0.0717. The van der Waals surface area contributed by atoms with Crippen molar-refractivity contribution in [2.75, 3.05) is 32.6 Å². The molecule has 110 valence electrons. The maximum Gasteiger partial charge on any atom is 0.257 e. The number of carbonyl (C=O) groups is 1. The summed E-state index contributed by atoms with van der Waals surface area (Å²) in [5.41, 5.74) is 3.00. The Balaban J connectivity index is 2.24. The number of hydrogen-bond acceptors (Lipinski definition) is 5. The highest BCUT2D eigenvalue weighted by Crippen LogP contribution is 2.24. The van der Waals surface area contributed by atoms with Gasteiger partial charge >= 0.3 is 0 Å². The molecule has 0 saturated carbocycles. The molecule has 1 aliphatic heterocycles. The quantitative estimate of drug-likeness (QED) is 0.637. The number of aromatic nitrogens is 1. The Labute approximate surface area is 127 Å². The van der Waals surface area contributed by atoms with Crippen molar-refractivity contribution in [3.63, 3.8) is 0 Å². The highest BCUT2D eigenvalue weighted by molar-refractivity contribution is 9.10. The van der Waals surface area contributed by atoms with Gasteiger partial charge in [0.2, 0.25) is 0 Å². The van der Waals surface area contributed by atoms with Crippen LogP contribution in [0.5, 0.6) is 0 Å². The van der Waals surface area contributed by atoms with Crippen LogP contribution in [0.4, 0.5) is 5.82 Å². The topological polar surface area (TPSA) is 74.5 Å². The standard InChI is InChI=1S/C13H20BrN5O/c1-18(2)8-10-4-3-5-19(10)13(20)11-6-9(14)7-16-12(11)17-15/h6-7,10H,3-5,8,15H2,1-2H3,(H,16,17). The van der Waals surface area contributed by atoms with Crippen LogP contribution in [0.1, 0.15) is 23.2 Å². The number of rotatable bonds is 4. The van der Waals surface area contributed by atoms with Crippen molar-refractivity contribution >= 4 is 27.7 Å². The third-order valence-corrected chi connectivity index (χ3v) is 3.87. The minimum Gasteiger partial charge on any atom is -0.334 e. The number of anilines is 1. The third-order valence-electron chi connectivity index (χ3n) is 3.44. The smallest absolute Gasteiger partial charge is 0.257 e. The van der Waals surface area contributed by atoms with Crippen molar-refractivity contribution in [2.45, 2.75) is 18.9 Å². The lowest BCUT2D eigenvalue weighted by atomic mass is 10.2. The predicted octanol–water partition coefficient (Wildman–Crippen LogP) is 1.30. The number of likely N-dealkylation sites (tertiary alicyclic amines) is 1. The van der Waals surface area contributed by atoms with Crippen LogP contribution >= 0.6 is 15.9 Å². The lowest BCUT2D eigenvalue weighted by Gasteiger charge is -2.27. The molecule has 0 aliphatic carbocycles. The van der Waals surface area contributed by atoms with E-state index in [0.717, 1.165) is 30.4 Å². The zero-order chi connectivity index (χ0) is 14.7. The highest BCUT2D eigenvalue weighted by Gasteiger charge is 2.31. The van der Waals surface area contributed by atoms with Gasteiger partial charge in [0.1, 0.15) is 0 Å². The first-order valence-electron chi connectivity index (χ1n) is 6.60. The number of amides is 1. The molecule has 1 amide bonds. The maximum atomic E-state index is 12.7. The summed E-state index contributed by atoms with van der Waals surface area (Å²) in [5, 5.41) is 0. The largest absolute Gasteiger partial charge is 0.334 e. The Kier molecular flexibility index (Phi) is 4.95. The fraction of sp³-hybridized carbons (Fsp3) is 0.538. The molecule has 1 unspecified atom stereocenters. The fourth-order valence-corrected chi connectivity index (χ4v) is 2.92. The monoisotopic (exact) mass is 341 g/mol. The zero-order valence-electron chi connectivity index (χ0n) is 11.8. The molecule has 1 fully saturated rings. The van der Waals surface area contributed by atoms with E-state index in [1.54, 1.807) is 12.3 Å². The number of hydrogen-bond donors (Lipinski definition) is 2. The van der Waals surface area contributed by atoms with Crippen molar-refractivity contribution < 1.29 is 4.79 Å². The van der Waals surface area contributed by atoms with E-state index in [9.17, 15) is 4.79 Å². The minimum absolute atomic E-state index is 0.0175. The molecule has 3 N–H and O–H groups in total. The van der Waals surface area contributed by atoms with E-state index >= 15 is 0 Å². The second kappa shape index (κ2) is 6.51. The third kappa shape index (κ3) is 3.28. The molecular weight excluding hydrogens is 322 g/mol. The van der Waals surface area contributed by atoms with Gasteiger partial charge in [-0.25, -0.2) is 10.8 Å². The van der Waals surface area contributed by atoms with Crippen LogP contribution in [-0.4, -0.2) is 53.9 Å². The SMILES string of the molecule is CN(C)CC1CCCN1C(=O)c1cc(Br)cnc1NN. The normalized spacial score (nSPS) is 18.6. The van der Waals surface area contributed by atoms with Gasteiger partial charge in [0.15, 0.2) is 5.82 Å². The van der Waals surface area contributed by atoms with E-state index in [2.05, 4.69) is 31.2 Å². The van der Waals surface area contributed by atoms with Gasteiger partial charge in [-0.3, -0.25) is 4.79 Å². The number of halogens is 1. The number of nitrogens with two attached hydrogens (primary N) is 1. The summed E-state index contributed by atoms with van der Waals surface area (Å²) in [6, 6.07) is 2.01. The van der Waals surface area contributed by atoms with Gasteiger partial charge in [-0.05, 0) is 48.9 Å². The molecular formula is C13H20BrN5O. The van der Waals surface area contributed by atoms with Crippen LogP contribution in [0.15, 0.2) is 16.7 Å². The number of hydrazine groups is 1. The van der Waals surface area contributed by atoms with Crippen LogP contribution in [0.25, 0.3) is 0 Å². The molecule has 0 bridgehead atoms. The van der Waals surface area contributed by atoms with Crippen molar-refractivity contribution in [3.05, 3.63) is 22.3 Å². The van der Waals surface area contributed by atoms with E-state index in [1.165, 1.54) is 0 Å². The van der Waals surface area contributed by atoms with Gasteiger partial charge in [0.25, 0.3) is 5.91 Å². The lowest BCUT2D eigenvalue weighted by Crippen LogP contribution is -2.41. The molecule has 0 radical (unpaired) electrons. The van der Waals surface area contributed by atoms with E-state index < -0.39 is 0 Å². The molecule has 1 atom stereocenters. The first kappa shape index (κ1) is 15.2. The Morgan fingerprint density at radius 1 is 1.65 bits per heavy atom. The number of likely N-dealkylation sites (N-methyl/N-ethyl adjacent to an activating group) is 1. The molecule has 20 heavy (non-hydrogen) atoms. The van der Waals surface area contributed by atoms with Crippen LogP contribution < -0.4 is 11.3 Å². The van der Waals surface area contributed by atoms with Gasteiger partial charge in [-0.15, -0.1) is 0 Å². The average molecular weight is 342 g/mol. The molecule has 0 aromatic carbocycles. The molecule has 1 aliphatic rings. The fourth-order valence-electron chi connectivity index (χ4n) is 2.59. The van der Waals surface area contributed by atoms with Crippen LogP contribution in [0.2, 0.25) is 0 Å². The summed E-state index contributed by atoms with van der Waals surface area (Å²) in [7, 11) is 4.04. The number of carbonyl (C=O) groups excluding carboxylic acids is 1. The summed E-state index contributed by atoms with van der Waals surface area (Å²) < 4.78 is 0.767. The zero-order valence-corrected chi connectivity index (χ0v) is 13.4. The number of nitrogen functional groups attached to an aromatic ring is 1. The van der Waals surface area contributed by atoms with Gasteiger partial charge in [0.05, 0.1) is 5.56 Å². The van der Waals surface area contributed by atoms with Crippen molar-refractivity contribution in [1.82, 2.24) is 14.8 Å². The molecule has 1 aromatic rings.